The van der Waals surface area contributed by atoms with Gasteiger partial charge in [-0.25, -0.2) is 4.98 Å². The molecule has 3 heterocycles. The summed E-state index contributed by atoms with van der Waals surface area (Å²) >= 11 is 1.69. The van der Waals surface area contributed by atoms with E-state index >= 15 is 0 Å². The van der Waals surface area contributed by atoms with Gasteiger partial charge in [-0.1, -0.05) is 12.1 Å². The van der Waals surface area contributed by atoms with Crippen molar-refractivity contribution < 1.29 is 14.6 Å². The number of aliphatic hydroxyl groups is 1. The quantitative estimate of drug-likeness (QED) is 0.853. The monoisotopic (exact) mass is 388 g/mol. The lowest BCUT2D eigenvalue weighted by atomic mass is 9.78. The number of rotatable bonds is 5. The highest BCUT2D eigenvalue weighted by atomic mass is 32.1. The number of benzene rings is 1. The molecular weight excluding hydrogens is 360 g/mol. The molecule has 1 aromatic heterocycles. The summed E-state index contributed by atoms with van der Waals surface area (Å²) in [5, 5.41) is 10.3. The Labute approximate surface area is 164 Å². The van der Waals surface area contributed by atoms with Crippen LogP contribution >= 0.6 is 11.3 Å². The van der Waals surface area contributed by atoms with E-state index in [-0.39, 0.29) is 18.1 Å². The molecule has 5 nitrogen and oxygen atoms in total. The fraction of sp³-hybridized carbons (Fsp3) is 0.619. The number of para-hydroxylation sites is 1. The molecule has 1 atom stereocenters. The Balaban J connectivity index is 1.28. The molecule has 1 aromatic carbocycles. The van der Waals surface area contributed by atoms with Crippen molar-refractivity contribution in [3.05, 3.63) is 29.3 Å². The number of piperidine rings is 1. The smallest absolute Gasteiger partial charge is 0.222 e. The lowest BCUT2D eigenvalue weighted by Crippen LogP contribution is -2.50. The summed E-state index contributed by atoms with van der Waals surface area (Å²) in [6.07, 6.45) is 6.03. The van der Waals surface area contributed by atoms with Gasteiger partial charge in [-0.2, -0.15) is 0 Å². The molecule has 0 bridgehead atoms. The molecule has 1 unspecified atom stereocenters. The highest BCUT2D eigenvalue weighted by Gasteiger charge is 2.40. The van der Waals surface area contributed by atoms with Crippen molar-refractivity contribution in [3.8, 4) is 0 Å². The van der Waals surface area contributed by atoms with Crippen LogP contribution in [0.3, 0.4) is 0 Å². The molecule has 0 saturated carbocycles. The maximum absolute atomic E-state index is 12.7. The average Bonchev–Trinajstić information content (AvgIpc) is 3.10. The van der Waals surface area contributed by atoms with E-state index in [0.717, 1.165) is 68.7 Å². The van der Waals surface area contributed by atoms with E-state index in [9.17, 15) is 9.90 Å². The molecule has 2 saturated heterocycles. The standard InChI is InChI=1S/C21H28N2O3S/c24-13-7-16-8-14-26-21(15-16)9-11-23(12-10-21)20(25)6-5-19-22-17-3-1-2-4-18(17)27-19/h1-4,16,24H,5-15H2. The van der Waals surface area contributed by atoms with Crippen molar-refractivity contribution in [1.29, 1.82) is 0 Å². The van der Waals surface area contributed by atoms with Crippen molar-refractivity contribution in [2.75, 3.05) is 26.3 Å². The largest absolute Gasteiger partial charge is 0.396 e. The number of hydrogen-bond donors (Lipinski definition) is 1. The molecule has 1 spiro atoms. The van der Waals surface area contributed by atoms with Crippen LogP contribution in [0.4, 0.5) is 0 Å². The Hall–Kier alpha value is -1.50. The third-order valence-corrected chi connectivity index (χ3v) is 7.15. The number of hydrogen-bond acceptors (Lipinski definition) is 5. The third kappa shape index (κ3) is 4.33. The van der Waals surface area contributed by atoms with Gasteiger partial charge in [0, 0.05) is 39.1 Å². The molecule has 0 aliphatic carbocycles. The minimum Gasteiger partial charge on any atom is -0.396 e. The first-order chi connectivity index (χ1) is 13.2. The number of carbonyl (C=O) groups excluding carboxylic acids is 1. The molecule has 6 heteroatoms. The molecule has 4 rings (SSSR count). The Kier molecular flexibility index (Phi) is 5.76. The minimum absolute atomic E-state index is 0.0676. The van der Waals surface area contributed by atoms with E-state index in [1.165, 1.54) is 4.70 Å². The zero-order valence-corrected chi connectivity index (χ0v) is 16.5. The Morgan fingerprint density at radius 2 is 2.15 bits per heavy atom. The number of aromatic nitrogens is 1. The van der Waals surface area contributed by atoms with Crippen molar-refractivity contribution in [1.82, 2.24) is 9.88 Å². The molecule has 2 fully saturated rings. The third-order valence-electron chi connectivity index (χ3n) is 6.05. The van der Waals surface area contributed by atoms with Gasteiger partial charge in [-0.15, -0.1) is 11.3 Å². The molecular formula is C21H28N2O3S. The summed E-state index contributed by atoms with van der Waals surface area (Å²) < 4.78 is 7.33. The van der Waals surface area contributed by atoms with Gasteiger partial charge < -0.3 is 14.7 Å². The van der Waals surface area contributed by atoms with E-state index in [4.69, 9.17) is 4.74 Å². The number of likely N-dealkylation sites (tertiary alicyclic amines) is 1. The lowest BCUT2D eigenvalue weighted by Gasteiger charge is -2.46. The maximum atomic E-state index is 12.7. The normalized spacial score (nSPS) is 22.4. The number of amides is 1. The van der Waals surface area contributed by atoms with Crippen LogP contribution in [0.2, 0.25) is 0 Å². The molecule has 146 valence electrons. The van der Waals surface area contributed by atoms with E-state index in [2.05, 4.69) is 11.1 Å². The molecule has 2 aromatic rings. The summed E-state index contributed by atoms with van der Waals surface area (Å²) in [6.45, 7) is 2.61. The first kappa shape index (κ1) is 18.8. The number of aryl methyl sites for hydroxylation is 1. The molecule has 2 aliphatic heterocycles. The van der Waals surface area contributed by atoms with Crippen molar-refractivity contribution in [2.45, 2.75) is 50.5 Å². The predicted octanol–water partition coefficient (Wildman–Crippen LogP) is 3.40. The summed E-state index contributed by atoms with van der Waals surface area (Å²) in [6, 6.07) is 8.13. The van der Waals surface area contributed by atoms with Gasteiger partial charge in [0.05, 0.1) is 20.8 Å². The number of fused-ring (bicyclic) bond motifs is 1. The molecule has 1 amide bonds. The van der Waals surface area contributed by atoms with Crippen LogP contribution in [0.5, 0.6) is 0 Å². The van der Waals surface area contributed by atoms with Crippen LogP contribution in [0.25, 0.3) is 10.2 Å². The average molecular weight is 389 g/mol. The summed E-state index contributed by atoms with van der Waals surface area (Å²) in [5.74, 6) is 0.789. The second kappa shape index (κ2) is 8.25. The number of ether oxygens (including phenoxy) is 1. The van der Waals surface area contributed by atoms with Crippen LogP contribution in [0.1, 0.15) is 43.5 Å². The summed E-state index contributed by atoms with van der Waals surface area (Å²) in [7, 11) is 0. The van der Waals surface area contributed by atoms with Gasteiger partial charge in [0.15, 0.2) is 0 Å². The van der Waals surface area contributed by atoms with Gasteiger partial charge in [-0.3, -0.25) is 4.79 Å². The van der Waals surface area contributed by atoms with E-state index in [1.54, 1.807) is 11.3 Å². The van der Waals surface area contributed by atoms with E-state index in [1.807, 2.05) is 23.1 Å². The topological polar surface area (TPSA) is 62.7 Å². The van der Waals surface area contributed by atoms with Crippen molar-refractivity contribution in [3.63, 3.8) is 0 Å². The maximum Gasteiger partial charge on any atom is 0.222 e. The van der Waals surface area contributed by atoms with Crippen molar-refractivity contribution in [2.24, 2.45) is 5.92 Å². The number of aliphatic hydroxyl groups excluding tert-OH is 1. The zero-order valence-electron chi connectivity index (χ0n) is 15.7. The molecule has 27 heavy (non-hydrogen) atoms. The molecule has 2 aliphatic rings. The Morgan fingerprint density at radius 3 is 2.93 bits per heavy atom. The summed E-state index contributed by atoms with van der Waals surface area (Å²) in [4.78, 5) is 19.3. The summed E-state index contributed by atoms with van der Waals surface area (Å²) in [5.41, 5.74) is 0.957. The Bertz CT molecular complexity index is 748. The van der Waals surface area contributed by atoms with E-state index in [0.29, 0.717) is 12.3 Å². The van der Waals surface area contributed by atoms with Gasteiger partial charge in [0.2, 0.25) is 5.91 Å². The Morgan fingerprint density at radius 1 is 1.33 bits per heavy atom. The second-order valence-electron chi connectivity index (χ2n) is 7.86. The van der Waals surface area contributed by atoms with Crippen LogP contribution in [-0.4, -0.2) is 52.8 Å². The van der Waals surface area contributed by atoms with Gasteiger partial charge in [0.1, 0.15) is 0 Å². The molecule has 1 N–H and O–H groups in total. The SMILES string of the molecule is O=C(CCc1nc2ccccc2s1)N1CCC2(CC1)CC(CCO)CCO2. The van der Waals surface area contributed by atoms with Gasteiger partial charge in [0.25, 0.3) is 0 Å². The van der Waals surface area contributed by atoms with Crippen LogP contribution in [-0.2, 0) is 16.0 Å². The highest BCUT2D eigenvalue weighted by molar-refractivity contribution is 7.18. The number of carbonyl (C=O) groups is 1. The van der Waals surface area contributed by atoms with Gasteiger partial charge in [-0.05, 0) is 50.2 Å². The van der Waals surface area contributed by atoms with Crippen molar-refractivity contribution >= 4 is 27.5 Å². The van der Waals surface area contributed by atoms with E-state index < -0.39 is 0 Å². The molecule has 0 radical (unpaired) electrons. The minimum atomic E-state index is -0.0676. The fourth-order valence-electron chi connectivity index (χ4n) is 4.47. The first-order valence-electron chi connectivity index (χ1n) is 10.0. The van der Waals surface area contributed by atoms with Crippen LogP contribution in [0.15, 0.2) is 24.3 Å². The van der Waals surface area contributed by atoms with Crippen LogP contribution in [0, 0.1) is 5.92 Å². The first-order valence-corrected chi connectivity index (χ1v) is 10.9. The second-order valence-corrected chi connectivity index (χ2v) is 8.97. The highest BCUT2D eigenvalue weighted by Crippen LogP contribution is 2.38. The predicted molar refractivity (Wildman–Crippen MR) is 107 cm³/mol. The zero-order chi connectivity index (χ0) is 18.7. The number of nitrogens with zero attached hydrogens (tertiary/aromatic N) is 2. The fourth-order valence-corrected chi connectivity index (χ4v) is 5.44. The lowest BCUT2D eigenvalue weighted by molar-refractivity contribution is -0.147. The van der Waals surface area contributed by atoms with Crippen LogP contribution < -0.4 is 0 Å². The van der Waals surface area contributed by atoms with Gasteiger partial charge >= 0.3 is 0 Å². The number of thiazole rings is 1.